The Labute approximate surface area is 128 Å². The van der Waals surface area contributed by atoms with Crippen LogP contribution in [0.3, 0.4) is 0 Å². The van der Waals surface area contributed by atoms with Crippen LogP contribution in [-0.2, 0) is 0 Å². The highest BCUT2D eigenvalue weighted by Gasteiger charge is 2.22. The Bertz CT molecular complexity index is 667. The zero-order valence-corrected chi connectivity index (χ0v) is 12.6. The molecule has 0 bridgehead atoms. The number of carbonyl (C=O) groups excluding carboxylic acids is 1. The van der Waals surface area contributed by atoms with Crippen LogP contribution in [0.1, 0.15) is 35.1 Å². The number of benzene rings is 1. The zero-order valence-electron chi connectivity index (χ0n) is 11.0. The molecule has 1 amide bonds. The van der Waals surface area contributed by atoms with Crippen molar-refractivity contribution < 1.29 is 14.3 Å². The molecule has 1 fully saturated rings. The van der Waals surface area contributed by atoms with Gasteiger partial charge in [-0.3, -0.25) is 10.1 Å². The van der Waals surface area contributed by atoms with Crippen molar-refractivity contribution in [3.8, 4) is 5.75 Å². The Balaban J connectivity index is 1.70. The number of amides is 1. The lowest BCUT2D eigenvalue weighted by Crippen LogP contribution is -2.13. The Morgan fingerprint density at radius 2 is 2.33 bits per heavy atom. The lowest BCUT2D eigenvalue weighted by Gasteiger charge is -2.04. The van der Waals surface area contributed by atoms with Gasteiger partial charge in [-0.2, -0.15) is 0 Å². The number of nitrogens with one attached hydrogen (secondary N) is 2. The topological polar surface area (TPSA) is 100 Å². The number of halogens is 1. The molecule has 1 aromatic heterocycles. The number of rotatable bonds is 3. The van der Waals surface area contributed by atoms with Gasteiger partial charge in [-0.15, -0.1) is 5.10 Å². The van der Waals surface area contributed by atoms with Crippen molar-refractivity contribution >= 4 is 27.9 Å². The number of aromatic hydroxyl groups is 1. The number of anilines is 1. The highest BCUT2D eigenvalue weighted by Crippen LogP contribution is 2.25. The monoisotopic (exact) mass is 352 g/mol. The van der Waals surface area contributed by atoms with Crippen molar-refractivity contribution in [2.45, 2.75) is 18.9 Å². The molecule has 7 nitrogen and oxygen atoms in total. The van der Waals surface area contributed by atoms with E-state index >= 15 is 0 Å². The van der Waals surface area contributed by atoms with Crippen molar-refractivity contribution in [2.24, 2.45) is 0 Å². The average molecular weight is 353 g/mol. The van der Waals surface area contributed by atoms with E-state index in [1.165, 1.54) is 6.07 Å². The van der Waals surface area contributed by atoms with Crippen LogP contribution >= 0.6 is 15.9 Å². The van der Waals surface area contributed by atoms with Crippen LogP contribution in [0.5, 0.6) is 5.75 Å². The summed E-state index contributed by atoms with van der Waals surface area (Å²) in [6, 6.07) is 4.63. The third-order valence-corrected chi connectivity index (χ3v) is 3.90. The number of hydrogen-bond donors (Lipinski definition) is 3. The van der Waals surface area contributed by atoms with Crippen molar-refractivity contribution in [3.05, 3.63) is 34.1 Å². The Morgan fingerprint density at radius 1 is 1.48 bits per heavy atom. The number of phenolic OH excluding ortho intramolecular Hbond substituents is 1. The Kier molecular flexibility index (Phi) is 3.89. The predicted octanol–water partition coefficient (Wildman–Crippen LogP) is 2.21. The first-order valence-electron chi connectivity index (χ1n) is 6.50. The molecule has 21 heavy (non-hydrogen) atoms. The first kappa shape index (κ1) is 14.0. The summed E-state index contributed by atoms with van der Waals surface area (Å²) in [5.41, 5.74) is 0.300. The van der Waals surface area contributed by atoms with E-state index < -0.39 is 5.91 Å². The SMILES string of the molecule is O=C(Nc1nnc(C2CCCN2)o1)c1ccc(Br)c(O)c1. The molecule has 3 rings (SSSR count). The fourth-order valence-corrected chi connectivity index (χ4v) is 2.39. The van der Waals surface area contributed by atoms with E-state index in [9.17, 15) is 9.90 Å². The first-order chi connectivity index (χ1) is 10.1. The highest BCUT2D eigenvalue weighted by molar-refractivity contribution is 9.10. The maximum Gasteiger partial charge on any atom is 0.322 e. The molecule has 1 aromatic carbocycles. The lowest BCUT2D eigenvalue weighted by molar-refractivity contribution is 0.102. The van der Waals surface area contributed by atoms with Gasteiger partial charge < -0.3 is 14.8 Å². The molecule has 110 valence electrons. The van der Waals surface area contributed by atoms with Crippen LogP contribution in [0.15, 0.2) is 27.1 Å². The highest BCUT2D eigenvalue weighted by atomic mass is 79.9. The van der Waals surface area contributed by atoms with E-state index in [0.717, 1.165) is 19.4 Å². The van der Waals surface area contributed by atoms with E-state index in [4.69, 9.17) is 4.42 Å². The summed E-state index contributed by atoms with van der Waals surface area (Å²) in [7, 11) is 0. The second-order valence-electron chi connectivity index (χ2n) is 4.71. The number of hydrogen-bond acceptors (Lipinski definition) is 6. The van der Waals surface area contributed by atoms with Crippen molar-refractivity contribution in [1.82, 2.24) is 15.5 Å². The third-order valence-electron chi connectivity index (χ3n) is 3.23. The maximum absolute atomic E-state index is 12.0. The van der Waals surface area contributed by atoms with Gasteiger partial charge in [-0.1, -0.05) is 5.10 Å². The maximum atomic E-state index is 12.0. The van der Waals surface area contributed by atoms with Crippen LogP contribution < -0.4 is 10.6 Å². The Hall–Kier alpha value is -1.93. The summed E-state index contributed by atoms with van der Waals surface area (Å²) < 4.78 is 5.95. The molecular formula is C13H13BrN4O3. The van der Waals surface area contributed by atoms with Gasteiger partial charge in [0.15, 0.2) is 0 Å². The van der Waals surface area contributed by atoms with Gasteiger partial charge in [0.2, 0.25) is 5.89 Å². The van der Waals surface area contributed by atoms with Gasteiger partial charge in [-0.25, -0.2) is 0 Å². The summed E-state index contributed by atoms with van der Waals surface area (Å²) in [6.45, 7) is 0.924. The molecule has 0 saturated carbocycles. The normalized spacial score (nSPS) is 17.9. The van der Waals surface area contributed by atoms with Crippen molar-refractivity contribution in [1.29, 1.82) is 0 Å². The molecule has 0 spiro atoms. The van der Waals surface area contributed by atoms with Gasteiger partial charge in [-0.05, 0) is 53.5 Å². The summed E-state index contributed by atoms with van der Waals surface area (Å²) in [4.78, 5) is 12.0. The number of nitrogens with zero attached hydrogens (tertiary/aromatic N) is 2. The molecule has 2 aromatic rings. The average Bonchev–Trinajstić information content (AvgIpc) is 3.12. The second-order valence-corrected chi connectivity index (χ2v) is 5.57. The van der Waals surface area contributed by atoms with Gasteiger partial charge in [0.1, 0.15) is 5.75 Å². The smallest absolute Gasteiger partial charge is 0.322 e. The summed E-state index contributed by atoms with van der Waals surface area (Å²) >= 11 is 3.16. The van der Waals surface area contributed by atoms with Gasteiger partial charge in [0.25, 0.3) is 5.91 Å². The van der Waals surface area contributed by atoms with E-state index in [2.05, 4.69) is 36.8 Å². The summed E-state index contributed by atoms with van der Waals surface area (Å²) in [5, 5.41) is 23.1. The quantitative estimate of drug-likeness (QED) is 0.782. The van der Waals surface area contributed by atoms with E-state index in [-0.39, 0.29) is 17.8 Å². The number of carbonyl (C=O) groups is 1. The lowest BCUT2D eigenvalue weighted by atomic mass is 10.2. The molecule has 1 aliphatic heterocycles. The third kappa shape index (κ3) is 3.06. The molecular weight excluding hydrogens is 340 g/mol. The molecule has 2 heterocycles. The van der Waals surface area contributed by atoms with Gasteiger partial charge in [0.05, 0.1) is 10.5 Å². The predicted molar refractivity (Wildman–Crippen MR) is 78.0 cm³/mol. The molecule has 0 aliphatic carbocycles. The van der Waals surface area contributed by atoms with Crippen molar-refractivity contribution in [2.75, 3.05) is 11.9 Å². The minimum absolute atomic E-state index is 0.0102. The largest absolute Gasteiger partial charge is 0.507 e. The summed E-state index contributed by atoms with van der Waals surface area (Å²) in [6.07, 6.45) is 2.00. The minimum Gasteiger partial charge on any atom is -0.507 e. The molecule has 8 heteroatoms. The number of phenols is 1. The molecule has 1 atom stereocenters. The standard InChI is InChI=1S/C13H13BrN4O3/c14-8-4-3-7(6-10(8)19)11(20)16-13-18-17-12(21-13)9-2-1-5-15-9/h3-4,6,9,15,19H,1-2,5H2,(H,16,18,20). The van der Waals surface area contributed by atoms with Crippen molar-refractivity contribution in [3.63, 3.8) is 0 Å². The van der Waals surface area contributed by atoms with Crippen LogP contribution in [0.4, 0.5) is 6.01 Å². The van der Waals surface area contributed by atoms with Crippen LogP contribution in [0, 0.1) is 0 Å². The molecule has 1 aliphatic rings. The number of aromatic nitrogens is 2. The van der Waals surface area contributed by atoms with Crippen LogP contribution in [-0.4, -0.2) is 27.8 Å². The summed E-state index contributed by atoms with van der Waals surface area (Å²) in [5.74, 6) is 0.0397. The van der Waals surface area contributed by atoms with E-state index in [1.807, 2.05) is 0 Å². The van der Waals surface area contributed by atoms with Crippen LogP contribution in [0.2, 0.25) is 0 Å². The Morgan fingerprint density at radius 3 is 3.05 bits per heavy atom. The van der Waals surface area contributed by atoms with Gasteiger partial charge in [0, 0.05) is 5.56 Å². The zero-order chi connectivity index (χ0) is 14.8. The van der Waals surface area contributed by atoms with Gasteiger partial charge >= 0.3 is 6.01 Å². The molecule has 3 N–H and O–H groups in total. The van der Waals surface area contributed by atoms with Crippen LogP contribution in [0.25, 0.3) is 0 Å². The van der Waals surface area contributed by atoms with E-state index in [1.54, 1.807) is 12.1 Å². The first-order valence-corrected chi connectivity index (χ1v) is 7.29. The molecule has 0 radical (unpaired) electrons. The molecule has 1 unspecified atom stereocenters. The minimum atomic E-state index is -0.424. The fraction of sp³-hybridized carbons (Fsp3) is 0.308. The van der Waals surface area contributed by atoms with E-state index in [0.29, 0.717) is 15.9 Å². The second kappa shape index (κ2) is 5.82. The molecule has 1 saturated heterocycles. The fourth-order valence-electron chi connectivity index (χ4n) is 2.14.